The van der Waals surface area contributed by atoms with Gasteiger partial charge in [-0.2, -0.15) is 9.57 Å². The number of fused-ring (bicyclic) bond motifs is 2. The van der Waals surface area contributed by atoms with Crippen molar-refractivity contribution in [3.63, 3.8) is 0 Å². The minimum absolute atomic E-state index is 0.0693. The number of halogens is 2. The number of nitrogens with one attached hydrogen (secondary N) is 2. The van der Waals surface area contributed by atoms with Crippen molar-refractivity contribution in [1.82, 2.24) is 14.6 Å². The van der Waals surface area contributed by atoms with Crippen LogP contribution < -0.4 is 24.8 Å². The number of rotatable bonds is 13. The van der Waals surface area contributed by atoms with E-state index in [2.05, 4.69) is 21.7 Å². The number of ether oxygens (including phenoxy) is 3. The van der Waals surface area contributed by atoms with Crippen LogP contribution in [0.25, 0.3) is 11.1 Å². The van der Waals surface area contributed by atoms with Gasteiger partial charge in [-0.3, -0.25) is 9.59 Å². The topological polar surface area (TPSA) is 197 Å². The molecule has 3 heterocycles. The number of carbonyl (C=O) groups is 3. The van der Waals surface area contributed by atoms with E-state index < -0.39 is 46.0 Å². The lowest BCUT2D eigenvalue weighted by Gasteiger charge is -2.36. The van der Waals surface area contributed by atoms with Crippen LogP contribution in [0.3, 0.4) is 0 Å². The van der Waals surface area contributed by atoms with Crippen LogP contribution in [0.2, 0.25) is 10.0 Å². The molecule has 1 aromatic heterocycles. The summed E-state index contributed by atoms with van der Waals surface area (Å²) >= 11 is 12.9. The molecule has 18 heteroatoms. The molecule has 5 aromatic carbocycles. The Labute approximate surface area is 388 Å². The summed E-state index contributed by atoms with van der Waals surface area (Å²) in [5.41, 5.74) is 5.80. The molecule has 0 fully saturated rings. The van der Waals surface area contributed by atoms with E-state index in [4.69, 9.17) is 42.7 Å². The molecule has 0 radical (unpaired) electrons. The quantitative estimate of drug-likeness (QED) is 0.101. The van der Waals surface area contributed by atoms with Crippen molar-refractivity contribution >= 4 is 67.5 Å². The van der Waals surface area contributed by atoms with E-state index in [1.807, 2.05) is 54.6 Å². The number of carboxylic acid groups (broad SMARTS) is 1. The number of carboxylic acids is 1. The van der Waals surface area contributed by atoms with Crippen molar-refractivity contribution in [2.45, 2.75) is 62.2 Å². The Balaban J connectivity index is 1.03. The number of nitrogens with zero attached hydrogens (tertiary/aromatic N) is 3. The molecule has 0 saturated carbocycles. The van der Waals surface area contributed by atoms with E-state index in [9.17, 15) is 27.9 Å². The van der Waals surface area contributed by atoms with Crippen LogP contribution in [-0.4, -0.2) is 59.3 Å². The summed E-state index contributed by atoms with van der Waals surface area (Å²) in [4.78, 5) is 43.1. The van der Waals surface area contributed by atoms with E-state index in [0.717, 1.165) is 37.9 Å². The molecule has 2 aliphatic heterocycles. The zero-order chi connectivity index (χ0) is 46.0. The number of hydrogen-bond acceptors (Lipinski definition) is 11. The molecular formula is C47H39Cl2N5O9S2. The van der Waals surface area contributed by atoms with E-state index >= 15 is 0 Å². The predicted octanol–water partition coefficient (Wildman–Crippen LogP) is 8.27. The molecule has 14 nitrogen and oxygen atoms in total. The fourth-order valence-electron chi connectivity index (χ4n) is 7.55. The second-order valence-corrected chi connectivity index (χ2v) is 19.3. The Hall–Kier alpha value is -6.48. The Bertz CT molecular complexity index is 2960. The molecule has 332 valence electrons. The first-order valence-electron chi connectivity index (χ1n) is 20.2. The van der Waals surface area contributed by atoms with Crippen molar-refractivity contribution in [2.24, 2.45) is 0 Å². The third-order valence-electron chi connectivity index (χ3n) is 10.9. The van der Waals surface area contributed by atoms with Crippen molar-refractivity contribution in [3.8, 4) is 34.4 Å². The smallest absolute Gasteiger partial charge is 0.326 e. The van der Waals surface area contributed by atoms with Crippen LogP contribution in [0.5, 0.6) is 17.2 Å². The predicted molar refractivity (Wildman–Crippen MR) is 244 cm³/mol. The zero-order valence-electron chi connectivity index (χ0n) is 34.7. The number of anilines is 1. The molecule has 6 aromatic rings. The number of aromatic nitrogens is 1. The molecule has 65 heavy (non-hydrogen) atoms. The van der Waals surface area contributed by atoms with E-state index in [-0.39, 0.29) is 47.6 Å². The van der Waals surface area contributed by atoms with Gasteiger partial charge in [0.15, 0.2) is 26.9 Å². The number of nitriles is 1. The highest BCUT2D eigenvalue weighted by atomic mass is 35.5. The Morgan fingerprint density at radius 1 is 0.938 bits per heavy atom. The number of hydrogen-bond donors (Lipinski definition) is 3. The molecule has 0 aliphatic carbocycles. The molecule has 0 unspecified atom stereocenters. The number of benzene rings is 5. The Kier molecular flexibility index (Phi) is 13.1. The number of thiazole rings is 1. The number of aryl methyl sites for hydroxylation is 1. The first-order chi connectivity index (χ1) is 31.1. The maximum atomic E-state index is 14.6. The van der Waals surface area contributed by atoms with Gasteiger partial charge in [-0.25, -0.2) is 18.2 Å². The molecular weight excluding hydrogens is 914 g/mol. The van der Waals surface area contributed by atoms with Gasteiger partial charge in [-0.15, -0.1) is 0 Å². The molecule has 2 amide bonds. The fraction of sp³-hybridized carbons (Fsp3) is 0.213. The van der Waals surface area contributed by atoms with Crippen molar-refractivity contribution in [1.29, 1.82) is 5.26 Å². The zero-order valence-corrected chi connectivity index (χ0v) is 37.9. The summed E-state index contributed by atoms with van der Waals surface area (Å²) in [7, 11) is -4.49. The Morgan fingerprint density at radius 2 is 1.62 bits per heavy atom. The minimum atomic E-state index is -4.49. The molecule has 0 spiro atoms. The molecule has 0 bridgehead atoms. The lowest BCUT2D eigenvalue weighted by atomic mass is 9.94. The van der Waals surface area contributed by atoms with Crippen molar-refractivity contribution in [3.05, 3.63) is 152 Å². The second kappa shape index (κ2) is 18.9. The third kappa shape index (κ3) is 10.1. The average Bonchev–Trinajstić information content (AvgIpc) is 3.67. The lowest BCUT2D eigenvalue weighted by molar-refractivity contribution is -0.142. The first-order valence-corrected chi connectivity index (χ1v) is 23.2. The molecule has 8 rings (SSSR count). The SMILES string of the molecule is CC(=O)Nc1nc(C)c(S(=O)(=O)N2Cc3cc4c(cc3C[C@H]2C(=O)N[C@@H](Cc2ccc(-c3ccc(C#N)cc3)cc2)C(=O)O)OC[C@H](c2ccc(OCc3ccc(Cl)c(Cl)c3)cc2)O4)s1. The van der Waals surface area contributed by atoms with E-state index in [0.29, 0.717) is 49.5 Å². The largest absolute Gasteiger partial charge is 0.489 e. The van der Waals surface area contributed by atoms with Crippen LogP contribution in [0.4, 0.5) is 5.13 Å². The highest BCUT2D eigenvalue weighted by molar-refractivity contribution is 7.91. The molecule has 3 N–H and O–H groups in total. The van der Waals surface area contributed by atoms with Crippen molar-refractivity contribution in [2.75, 3.05) is 11.9 Å². The van der Waals surface area contributed by atoms with E-state index in [1.54, 1.807) is 48.5 Å². The van der Waals surface area contributed by atoms with Gasteiger partial charge in [0.2, 0.25) is 11.8 Å². The summed E-state index contributed by atoms with van der Waals surface area (Å²) in [6, 6.07) is 29.5. The molecule has 3 atom stereocenters. The third-order valence-corrected chi connectivity index (χ3v) is 15.1. The highest BCUT2D eigenvalue weighted by Crippen LogP contribution is 2.42. The summed E-state index contributed by atoms with van der Waals surface area (Å²) in [6.07, 6.45) is -0.724. The first kappa shape index (κ1) is 45.1. The second-order valence-electron chi connectivity index (χ2n) is 15.4. The lowest BCUT2D eigenvalue weighted by Crippen LogP contribution is -2.55. The maximum Gasteiger partial charge on any atom is 0.326 e. The van der Waals surface area contributed by atoms with Crippen LogP contribution in [-0.2, 0) is 50.4 Å². The van der Waals surface area contributed by atoms with Gasteiger partial charge in [-0.05, 0) is 101 Å². The number of amides is 2. The molecule has 2 aliphatic rings. The monoisotopic (exact) mass is 951 g/mol. The van der Waals surface area contributed by atoms with E-state index in [1.165, 1.54) is 13.8 Å². The fourth-order valence-corrected chi connectivity index (χ4v) is 11.0. The maximum absolute atomic E-state index is 14.6. The summed E-state index contributed by atoms with van der Waals surface area (Å²) in [5.74, 6) is -1.16. The van der Waals surface area contributed by atoms with Crippen LogP contribution in [0, 0.1) is 18.3 Å². The van der Waals surface area contributed by atoms with Crippen LogP contribution >= 0.6 is 34.5 Å². The normalized spacial score (nSPS) is 16.1. The summed E-state index contributed by atoms with van der Waals surface area (Å²) < 4.78 is 48.7. The van der Waals surface area contributed by atoms with Gasteiger partial charge in [-0.1, -0.05) is 89.1 Å². The average molecular weight is 953 g/mol. The van der Waals surface area contributed by atoms with Gasteiger partial charge in [0.1, 0.15) is 31.0 Å². The number of aliphatic carboxylic acids is 1. The van der Waals surface area contributed by atoms with Gasteiger partial charge in [0, 0.05) is 19.9 Å². The minimum Gasteiger partial charge on any atom is -0.489 e. The standard InChI is InChI=1S/C47H39Cl2N5O9S2/c1-26-46(64-47(51-26)52-27(2)55)65(59,60)54-23-35-21-42-41(62-25-43(63-42)33-12-14-36(15-13-33)61-24-30-7-16-37(48)38(49)17-30)20-34(35)19-40(54)44(56)53-39(45(57)58)18-28-3-8-31(9-4-28)32-10-5-29(22-50)6-11-32/h3-17,20-21,39-40,43H,18-19,23-25H2,1-2H3,(H,53,56)(H,57,58)(H,51,52,55)/t39-,40-,43+/m0/s1. The highest BCUT2D eigenvalue weighted by Gasteiger charge is 2.43. The van der Waals surface area contributed by atoms with Gasteiger partial charge >= 0.3 is 5.97 Å². The van der Waals surface area contributed by atoms with Gasteiger partial charge in [0.05, 0.1) is 27.4 Å². The van der Waals surface area contributed by atoms with Crippen LogP contribution in [0.1, 0.15) is 52.1 Å². The summed E-state index contributed by atoms with van der Waals surface area (Å²) in [5, 5.41) is 25.6. The van der Waals surface area contributed by atoms with Crippen molar-refractivity contribution < 1.29 is 42.1 Å². The molecule has 0 saturated heterocycles. The van der Waals surface area contributed by atoms with Gasteiger partial charge < -0.3 is 30.0 Å². The Morgan fingerprint density at radius 3 is 2.28 bits per heavy atom. The van der Waals surface area contributed by atoms with Crippen LogP contribution in [0.15, 0.2) is 107 Å². The van der Waals surface area contributed by atoms with Gasteiger partial charge in [0.25, 0.3) is 10.0 Å². The summed E-state index contributed by atoms with van der Waals surface area (Å²) in [6.45, 7) is 2.94. The number of sulfonamides is 1. The number of carbonyl (C=O) groups excluding carboxylic acids is 2.